The van der Waals surface area contributed by atoms with Crippen molar-refractivity contribution < 1.29 is 5.11 Å². The van der Waals surface area contributed by atoms with Gasteiger partial charge < -0.3 is 5.11 Å². The Morgan fingerprint density at radius 3 is 1.43 bits per heavy atom. The molecule has 1 fully saturated rings. The van der Waals surface area contributed by atoms with Gasteiger partial charge in [-0.2, -0.15) is 0 Å². The molecule has 0 saturated heterocycles. The monoisotopic (exact) mass is 298 g/mol. The van der Waals surface area contributed by atoms with Crippen LogP contribution in [0.4, 0.5) is 0 Å². The van der Waals surface area contributed by atoms with Crippen LogP contribution in [0.1, 0.15) is 117 Å². The number of rotatable bonds is 11. The second-order valence-corrected chi connectivity index (χ2v) is 7.00. The van der Waals surface area contributed by atoms with Gasteiger partial charge in [-0.25, -0.2) is 0 Å². The first-order valence-corrected chi connectivity index (χ1v) is 9.92. The molecule has 0 bridgehead atoms. The first kappa shape index (κ1) is 21.0. The molecule has 1 N–H and O–H groups in total. The molecule has 1 saturated carbocycles. The van der Waals surface area contributed by atoms with Crippen LogP contribution < -0.4 is 0 Å². The third-order valence-electron chi connectivity index (χ3n) is 4.66. The largest absolute Gasteiger partial charge is 0.396 e. The molecule has 1 aliphatic carbocycles. The zero-order valence-electron chi connectivity index (χ0n) is 15.0. The summed E-state index contributed by atoms with van der Waals surface area (Å²) in [4.78, 5) is 0. The molecule has 0 radical (unpaired) electrons. The van der Waals surface area contributed by atoms with Gasteiger partial charge in [-0.3, -0.25) is 0 Å². The summed E-state index contributed by atoms with van der Waals surface area (Å²) in [7, 11) is 0. The molecule has 0 atom stereocenters. The van der Waals surface area contributed by atoms with E-state index in [1.54, 1.807) is 0 Å². The molecule has 0 heterocycles. The summed E-state index contributed by atoms with van der Waals surface area (Å²) in [5.41, 5.74) is 0. The van der Waals surface area contributed by atoms with Crippen LogP contribution in [0.5, 0.6) is 0 Å². The summed E-state index contributed by atoms with van der Waals surface area (Å²) in [6.07, 6.45) is 22.2. The first-order chi connectivity index (χ1) is 10.3. The van der Waals surface area contributed by atoms with E-state index >= 15 is 0 Å². The smallest absolute Gasteiger partial charge is 0.0431 e. The molecule has 0 spiro atoms. The van der Waals surface area contributed by atoms with Gasteiger partial charge in [0, 0.05) is 6.61 Å². The van der Waals surface area contributed by atoms with Crippen LogP contribution in [-0.2, 0) is 0 Å². The SMILES string of the molecule is CC1CCCCC1.CCCCCCCCCCCCCO. The maximum Gasteiger partial charge on any atom is 0.0431 e. The van der Waals surface area contributed by atoms with Crippen molar-refractivity contribution in [2.75, 3.05) is 6.61 Å². The molecule has 0 amide bonds. The Balaban J connectivity index is 0.000000471. The minimum Gasteiger partial charge on any atom is -0.396 e. The number of hydrogen-bond acceptors (Lipinski definition) is 1. The number of aliphatic hydroxyl groups excluding tert-OH is 1. The number of unbranched alkanes of at least 4 members (excludes halogenated alkanes) is 10. The predicted molar refractivity (Wildman–Crippen MR) is 95.8 cm³/mol. The third kappa shape index (κ3) is 17.9. The van der Waals surface area contributed by atoms with E-state index in [4.69, 9.17) is 5.11 Å². The van der Waals surface area contributed by atoms with Crippen LogP contribution in [0.2, 0.25) is 0 Å². The van der Waals surface area contributed by atoms with Crippen LogP contribution >= 0.6 is 0 Å². The van der Waals surface area contributed by atoms with E-state index in [1.807, 2.05) is 0 Å². The summed E-state index contributed by atoms with van der Waals surface area (Å²) in [6, 6.07) is 0. The average molecular weight is 299 g/mol. The highest BCUT2D eigenvalue weighted by Crippen LogP contribution is 2.22. The van der Waals surface area contributed by atoms with Gasteiger partial charge in [-0.1, -0.05) is 110 Å². The van der Waals surface area contributed by atoms with Gasteiger partial charge in [0.2, 0.25) is 0 Å². The van der Waals surface area contributed by atoms with Gasteiger partial charge in [0.05, 0.1) is 0 Å². The van der Waals surface area contributed by atoms with E-state index in [0.717, 1.165) is 12.3 Å². The Kier molecular flexibility index (Phi) is 18.0. The van der Waals surface area contributed by atoms with E-state index in [2.05, 4.69) is 13.8 Å². The van der Waals surface area contributed by atoms with Crippen LogP contribution in [0.3, 0.4) is 0 Å². The van der Waals surface area contributed by atoms with Crippen molar-refractivity contribution in [1.82, 2.24) is 0 Å². The summed E-state index contributed by atoms with van der Waals surface area (Å²) in [6.45, 7) is 5.00. The molecular formula is C20H42O. The number of aliphatic hydroxyl groups is 1. The Morgan fingerprint density at radius 2 is 1.10 bits per heavy atom. The van der Waals surface area contributed by atoms with Gasteiger partial charge in [0.1, 0.15) is 0 Å². The highest BCUT2D eigenvalue weighted by Gasteiger charge is 2.05. The molecule has 0 aromatic heterocycles. The first-order valence-electron chi connectivity index (χ1n) is 9.92. The molecule has 0 aromatic carbocycles. The van der Waals surface area contributed by atoms with Crippen molar-refractivity contribution in [2.45, 2.75) is 117 Å². The Labute approximate surface area is 134 Å². The van der Waals surface area contributed by atoms with Gasteiger partial charge >= 0.3 is 0 Å². The van der Waals surface area contributed by atoms with E-state index in [1.165, 1.54) is 96.3 Å². The Morgan fingerprint density at radius 1 is 0.667 bits per heavy atom. The standard InChI is InChI=1S/C13H28O.C7H14/c1-2-3-4-5-6-7-8-9-10-11-12-13-14;1-7-5-3-2-4-6-7/h14H,2-13H2,1H3;7H,2-6H2,1H3. The molecule has 21 heavy (non-hydrogen) atoms. The average Bonchev–Trinajstić information content (AvgIpc) is 2.51. The molecule has 0 aliphatic heterocycles. The van der Waals surface area contributed by atoms with E-state index < -0.39 is 0 Å². The molecule has 1 aliphatic rings. The second-order valence-electron chi connectivity index (χ2n) is 7.00. The molecule has 1 heteroatoms. The highest BCUT2D eigenvalue weighted by molar-refractivity contribution is 4.59. The fraction of sp³-hybridized carbons (Fsp3) is 1.00. The van der Waals surface area contributed by atoms with Crippen molar-refractivity contribution in [3.8, 4) is 0 Å². The predicted octanol–water partition coefficient (Wildman–Crippen LogP) is 6.88. The lowest BCUT2D eigenvalue weighted by atomic mass is 9.91. The van der Waals surface area contributed by atoms with E-state index in [0.29, 0.717) is 6.61 Å². The zero-order valence-corrected chi connectivity index (χ0v) is 15.0. The molecule has 1 nitrogen and oxygen atoms in total. The molecule has 128 valence electrons. The fourth-order valence-electron chi connectivity index (χ4n) is 3.08. The van der Waals surface area contributed by atoms with Crippen LogP contribution in [0, 0.1) is 5.92 Å². The minimum absolute atomic E-state index is 0.372. The van der Waals surface area contributed by atoms with Crippen molar-refractivity contribution >= 4 is 0 Å². The minimum atomic E-state index is 0.372. The normalized spacial score (nSPS) is 15.6. The van der Waals surface area contributed by atoms with Crippen molar-refractivity contribution in [2.24, 2.45) is 5.92 Å². The zero-order chi connectivity index (χ0) is 15.6. The van der Waals surface area contributed by atoms with Gasteiger partial charge in [0.25, 0.3) is 0 Å². The second kappa shape index (κ2) is 18.0. The van der Waals surface area contributed by atoms with Gasteiger partial charge in [0.15, 0.2) is 0 Å². The highest BCUT2D eigenvalue weighted by atomic mass is 16.2. The lowest BCUT2D eigenvalue weighted by Gasteiger charge is -2.15. The third-order valence-corrected chi connectivity index (χ3v) is 4.66. The lowest BCUT2D eigenvalue weighted by Crippen LogP contribution is -1.99. The number of hydrogen-bond donors (Lipinski definition) is 1. The Hall–Kier alpha value is -0.0400. The van der Waals surface area contributed by atoms with Crippen LogP contribution in [0.15, 0.2) is 0 Å². The molecular weight excluding hydrogens is 256 g/mol. The van der Waals surface area contributed by atoms with Crippen molar-refractivity contribution in [3.63, 3.8) is 0 Å². The van der Waals surface area contributed by atoms with E-state index in [9.17, 15) is 0 Å². The van der Waals surface area contributed by atoms with Crippen molar-refractivity contribution in [1.29, 1.82) is 0 Å². The van der Waals surface area contributed by atoms with Gasteiger partial charge in [-0.15, -0.1) is 0 Å². The topological polar surface area (TPSA) is 20.2 Å². The van der Waals surface area contributed by atoms with Crippen LogP contribution in [-0.4, -0.2) is 11.7 Å². The summed E-state index contributed by atoms with van der Waals surface area (Å²) < 4.78 is 0. The fourth-order valence-corrected chi connectivity index (χ4v) is 3.08. The Bertz CT molecular complexity index is 161. The molecule has 1 rings (SSSR count). The summed E-state index contributed by atoms with van der Waals surface area (Å²) in [5.74, 6) is 1.04. The van der Waals surface area contributed by atoms with Crippen molar-refractivity contribution in [3.05, 3.63) is 0 Å². The quantitative estimate of drug-likeness (QED) is 0.412. The summed E-state index contributed by atoms with van der Waals surface area (Å²) >= 11 is 0. The summed E-state index contributed by atoms with van der Waals surface area (Å²) in [5, 5.41) is 8.59. The van der Waals surface area contributed by atoms with Gasteiger partial charge in [-0.05, 0) is 12.3 Å². The van der Waals surface area contributed by atoms with Crippen LogP contribution in [0.25, 0.3) is 0 Å². The maximum atomic E-state index is 8.59. The van der Waals surface area contributed by atoms with E-state index in [-0.39, 0.29) is 0 Å². The maximum absolute atomic E-state index is 8.59. The molecule has 0 aromatic rings. The molecule has 0 unspecified atom stereocenters. The lowest BCUT2D eigenvalue weighted by molar-refractivity contribution is 0.282.